The van der Waals surface area contributed by atoms with Gasteiger partial charge in [0.15, 0.2) is 0 Å². The van der Waals surface area contributed by atoms with Gasteiger partial charge in [0.1, 0.15) is 12.2 Å². The maximum atomic E-state index is 10.0. The fourth-order valence-corrected chi connectivity index (χ4v) is 3.85. The van der Waals surface area contributed by atoms with Crippen molar-refractivity contribution < 1.29 is 20.4 Å². The number of nitrogens with zero attached hydrogens (tertiary/aromatic N) is 2. The van der Waals surface area contributed by atoms with Crippen molar-refractivity contribution in [2.75, 3.05) is 31.6 Å². The fraction of sp³-hybridized carbons (Fsp3) is 0.571. The molecule has 7 heteroatoms. The average molecular weight is 389 g/mol. The van der Waals surface area contributed by atoms with Gasteiger partial charge in [-0.1, -0.05) is 18.9 Å². The van der Waals surface area contributed by atoms with E-state index in [9.17, 15) is 20.4 Å². The summed E-state index contributed by atoms with van der Waals surface area (Å²) >= 11 is 0. The Hall–Kier alpha value is -1.77. The minimum absolute atomic E-state index is 0.226. The van der Waals surface area contributed by atoms with Crippen LogP contribution in [0.3, 0.4) is 0 Å². The molecule has 1 aliphatic heterocycles. The zero-order chi connectivity index (χ0) is 19.9. The molecule has 3 rings (SSSR count). The van der Waals surface area contributed by atoms with Crippen LogP contribution in [0, 0.1) is 0 Å². The van der Waals surface area contributed by atoms with Crippen molar-refractivity contribution in [1.29, 1.82) is 0 Å². The lowest BCUT2D eigenvalue weighted by molar-refractivity contribution is -0.145. The van der Waals surface area contributed by atoms with E-state index in [1.165, 1.54) is 5.39 Å². The molecule has 0 aliphatic carbocycles. The van der Waals surface area contributed by atoms with E-state index >= 15 is 0 Å². The number of aliphatic hydroxyl groups excluding tert-OH is 4. The predicted molar refractivity (Wildman–Crippen MR) is 109 cm³/mol. The molecule has 0 unspecified atom stereocenters. The molecule has 0 radical (unpaired) electrons. The predicted octanol–water partition coefficient (Wildman–Crippen LogP) is 0.966. The van der Waals surface area contributed by atoms with Crippen molar-refractivity contribution in [2.24, 2.45) is 0 Å². The molecule has 1 fully saturated rings. The van der Waals surface area contributed by atoms with Crippen LogP contribution < -0.4 is 5.32 Å². The van der Waals surface area contributed by atoms with Gasteiger partial charge in [-0.2, -0.15) is 0 Å². The Kier molecular flexibility index (Phi) is 7.58. The SMILES string of the molecule is OC[C@@H]1[C@@H](O)[C@H](O)[C@@H](O)CN1CCCCCCNc1ccc2cnccc2c1. The van der Waals surface area contributed by atoms with Gasteiger partial charge in [-0.25, -0.2) is 0 Å². The molecule has 0 bridgehead atoms. The zero-order valence-corrected chi connectivity index (χ0v) is 16.1. The summed E-state index contributed by atoms with van der Waals surface area (Å²) in [5, 5.41) is 44.8. The van der Waals surface area contributed by atoms with Crippen LogP contribution in [0.5, 0.6) is 0 Å². The zero-order valence-electron chi connectivity index (χ0n) is 16.1. The van der Waals surface area contributed by atoms with E-state index in [1.54, 1.807) is 6.20 Å². The van der Waals surface area contributed by atoms with Crippen LogP contribution in [-0.4, -0.2) is 80.9 Å². The Balaban J connectivity index is 1.33. The maximum absolute atomic E-state index is 10.0. The Morgan fingerprint density at radius 1 is 1.00 bits per heavy atom. The molecular formula is C21H31N3O4. The molecule has 5 N–H and O–H groups in total. The molecule has 1 aliphatic rings. The highest BCUT2D eigenvalue weighted by atomic mass is 16.4. The van der Waals surface area contributed by atoms with Crippen molar-refractivity contribution in [3.05, 3.63) is 36.7 Å². The summed E-state index contributed by atoms with van der Waals surface area (Å²) in [5.41, 5.74) is 1.11. The fourth-order valence-electron chi connectivity index (χ4n) is 3.85. The van der Waals surface area contributed by atoms with Crippen LogP contribution in [0.25, 0.3) is 10.8 Å². The van der Waals surface area contributed by atoms with Crippen LogP contribution in [0.1, 0.15) is 25.7 Å². The third kappa shape index (κ3) is 5.18. The lowest BCUT2D eigenvalue weighted by atomic mass is 9.94. The topological polar surface area (TPSA) is 109 Å². The van der Waals surface area contributed by atoms with Gasteiger partial charge >= 0.3 is 0 Å². The number of aliphatic hydroxyl groups is 4. The van der Waals surface area contributed by atoms with E-state index in [-0.39, 0.29) is 13.2 Å². The molecule has 0 saturated carbocycles. The number of anilines is 1. The highest BCUT2D eigenvalue weighted by Gasteiger charge is 2.40. The molecule has 1 aromatic carbocycles. The number of hydrogen-bond donors (Lipinski definition) is 5. The van der Waals surface area contributed by atoms with E-state index in [1.807, 2.05) is 17.2 Å². The van der Waals surface area contributed by atoms with Gasteiger partial charge in [0, 0.05) is 36.6 Å². The summed E-state index contributed by atoms with van der Waals surface area (Å²) in [4.78, 5) is 6.00. The Morgan fingerprint density at radius 2 is 1.82 bits per heavy atom. The highest BCUT2D eigenvalue weighted by Crippen LogP contribution is 2.20. The number of rotatable bonds is 9. The number of piperidine rings is 1. The normalized spacial score (nSPS) is 25.9. The summed E-state index contributed by atoms with van der Waals surface area (Å²) in [6.07, 6.45) is 4.48. The summed E-state index contributed by atoms with van der Waals surface area (Å²) < 4.78 is 0. The number of hydrogen-bond acceptors (Lipinski definition) is 7. The minimum atomic E-state index is -1.19. The molecule has 1 saturated heterocycles. The van der Waals surface area contributed by atoms with Crippen molar-refractivity contribution in [1.82, 2.24) is 9.88 Å². The molecule has 154 valence electrons. The Labute approximate surface area is 165 Å². The van der Waals surface area contributed by atoms with Gasteiger partial charge in [-0.3, -0.25) is 9.88 Å². The largest absolute Gasteiger partial charge is 0.395 e. The lowest BCUT2D eigenvalue weighted by Crippen LogP contribution is -2.62. The number of benzene rings is 1. The molecule has 2 heterocycles. The van der Waals surface area contributed by atoms with Gasteiger partial charge in [0.25, 0.3) is 0 Å². The van der Waals surface area contributed by atoms with Crippen molar-refractivity contribution in [3.8, 4) is 0 Å². The summed E-state index contributed by atoms with van der Waals surface area (Å²) in [7, 11) is 0. The van der Waals surface area contributed by atoms with Crippen LogP contribution in [-0.2, 0) is 0 Å². The standard InChI is InChI=1S/C21H31N3O4/c25-14-18-20(27)21(28)19(26)13-24(18)10-4-2-1-3-8-23-17-6-5-16-12-22-9-7-15(16)11-17/h5-7,9,11-12,18-21,23,25-28H,1-4,8,10,13-14H2/t18-,19+,20-,21-/m1/s1. The summed E-state index contributed by atoms with van der Waals surface area (Å²) in [6, 6.07) is 7.77. The molecule has 7 nitrogen and oxygen atoms in total. The van der Waals surface area contributed by atoms with E-state index < -0.39 is 24.4 Å². The first-order valence-electron chi connectivity index (χ1n) is 10.1. The molecular weight excluding hydrogens is 358 g/mol. The van der Waals surface area contributed by atoms with Crippen LogP contribution in [0.15, 0.2) is 36.7 Å². The third-order valence-electron chi connectivity index (χ3n) is 5.56. The Bertz CT molecular complexity index is 744. The molecule has 1 aromatic heterocycles. The van der Waals surface area contributed by atoms with Crippen molar-refractivity contribution >= 4 is 16.5 Å². The minimum Gasteiger partial charge on any atom is -0.395 e. The van der Waals surface area contributed by atoms with Crippen molar-refractivity contribution in [3.63, 3.8) is 0 Å². The van der Waals surface area contributed by atoms with E-state index in [0.717, 1.165) is 43.3 Å². The van der Waals surface area contributed by atoms with E-state index in [2.05, 4.69) is 28.5 Å². The number of aromatic nitrogens is 1. The molecule has 0 amide bonds. The maximum Gasteiger partial charge on any atom is 0.109 e. The first kappa shape index (κ1) is 21.0. The average Bonchev–Trinajstić information content (AvgIpc) is 2.71. The summed E-state index contributed by atoms with van der Waals surface area (Å²) in [5.74, 6) is 0. The molecule has 2 aromatic rings. The molecule has 0 spiro atoms. The quantitative estimate of drug-likeness (QED) is 0.407. The van der Waals surface area contributed by atoms with Crippen molar-refractivity contribution in [2.45, 2.75) is 50.0 Å². The van der Waals surface area contributed by atoms with Gasteiger partial charge < -0.3 is 25.7 Å². The molecule has 4 atom stereocenters. The second kappa shape index (κ2) is 10.1. The monoisotopic (exact) mass is 389 g/mol. The third-order valence-corrected chi connectivity index (χ3v) is 5.56. The van der Waals surface area contributed by atoms with Gasteiger partial charge in [-0.15, -0.1) is 0 Å². The smallest absolute Gasteiger partial charge is 0.109 e. The number of nitrogens with one attached hydrogen (secondary N) is 1. The number of fused-ring (bicyclic) bond motifs is 1. The number of unbranched alkanes of at least 4 members (excludes halogenated alkanes) is 3. The molecule has 28 heavy (non-hydrogen) atoms. The number of β-amino-alcohol motifs (C(OH)–C–C–N with tert-alkyl or cyclic N) is 1. The van der Waals surface area contributed by atoms with Crippen LogP contribution in [0.2, 0.25) is 0 Å². The van der Waals surface area contributed by atoms with Crippen LogP contribution in [0.4, 0.5) is 5.69 Å². The highest BCUT2D eigenvalue weighted by molar-refractivity contribution is 5.84. The van der Waals surface area contributed by atoms with Gasteiger partial charge in [-0.05, 0) is 43.0 Å². The number of pyridine rings is 1. The van der Waals surface area contributed by atoms with Gasteiger partial charge in [0.05, 0.1) is 18.8 Å². The van der Waals surface area contributed by atoms with Gasteiger partial charge in [0.2, 0.25) is 0 Å². The first-order valence-corrected chi connectivity index (χ1v) is 10.1. The first-order chi connectivity index (χ1) is 13.6. The second-order valence-electron chi connectivity index (χ2n) is 7.57. The second-order valence-corrected chi connectivity index (χ2v) is 7.57. The van der Waals surface area contributed by atoms with E-state index in [4.69, 9.17) is 0 Å². The number of likely N-dealkylation sites (tertiary alicyclic amines) is 1. The summed E-state index contributed by atoms with van der Waals surface area (Å²) in [6.45, 7) is 1.65. The van der Waals surface area contributed by atoms with E-state index in [0.29, 0.717) is 6.54 Å². The lowest BCUT2D eigenvalue weighted by Gasteiger charge is -2.43. The Morgan fingerprint density at radius 3 is 2.64 bits per heavy atom. The van der Waals surface area contributed by atoms with Crippen LogP contribution >= 0.6 is 0 Å².